The zero-order valence-electron chi connectivity index (χ0n) is 15.6. The van der Waals surface area contributed by atoms with Crippen molar-refractivity contribution in [3.05, 3.63) is 39.6 Å². The lowest BCUT2D eigenvalue weighted by Gasteiger charge is -2.04. The molecule has 0 aromatic carbocycles. The van der Waals surface area contributed by atoms with Gasteiger partial charge in [0.2, 0.25) is 0 Å². The molecule has 0 atom stereocenters. The second-order valence-corrected chi connectivity index (χ2v) is 10.1. The Morgan fingerprint density at radius 1 is 1.27 bits per heavy atom. The molecule has 0 saturated carbocycles. The van der Waals surface area contributed by atoms with E-state index >= 15 is 0 Å². The third-order valence-electron chi connectivity index (χ3n) is 4.21. The summed E-state index contributed by atoms with van der Waals surface area (Å²) in [5.74, 6) is 0.544. The van der Waals surface area contributed by atoms with Crippen molar-refractivity contribution in [3.63, 3.8) is 0 Å². The zero-order valence-corrected chi connectivity index (χ0v) is 17.2. The number of pyridine rings is 1. The lowest BCUT2D eigenvalue weighted by molar-refractivity contribution is 0.584. The molecule has 3 rings (SSSR count). The molecule has 0 radical (unpaired) electrons. The fraction of sp³-hybridized carbons (Fsp3) is 0.500. The van der Waals surface area contributed by atoms with E-state index < -0.39 is 9.84 Å². The molecule has 6 nitrogen and oxygen atoms in total. The molecule has 0 aliphatic heterocycles. The van der Waals surface area contributed by atoms with E-state index in [0.717, 1.165) is 34.6 Å². The van der Waals surface area contributed by atoms with Gasteiger partial charge in [-0.1, -0.05) is 13.8 Å². The van der Waals surface area contributed by atoms with Crippen molar-refractivity contribution in [2.45, 2.75) is 45.1 Å². The summed E-state index contributed by atoms with van der Waals surface area (Å²) < 4.78 is 26.9. The summed E-state index contributed by atoms with van der Waals surface area (Å²) >= 11 is 1.55. The molecule has 0 bridgehead atoms. The monoisotopic (exact) mass is 392 g/mol. The second-order valence-electron chi connectivity index (χ2n) is 7.12. The maximum Gasteiger partial charge on any atom is 0.160 e. The van der Waals surface area contributed by atoms with Crippen LogP contribution in [0.2, 0.25) is 0 Å². The van der Waals surface area contributed by atoms with E-state index in [1.165, 1.54) is 0 Å². The second kappa shape index (κ2) is 7.44. The van der Waals surface area contributed by atoms with Crippen LogP contribution in [0.4, 0.5) is 0 Å². The first-order valence-electron chi connectivity index (χ1n) is 8.65. The minimum absolute atomic E-state index is 0.0325. The van der Waals surface area contributed by atoms with Crippen molar-refractivity contribution >= 4 is 32.2 Å². The molecule has 26 heavy (non-hydrogen) atoms. The molecule has 0 spiro atoms. The minimum atomic E-state index is -3.30. The molecule has 0 saturated heterocycles. The first kappa shape index (κ1) is 19.0. The van der Waals surface area contributed by atoms with Gasteiger partial charge in [0.1, 0.15) is 0 Å². The molecule has 0 fully saturated rings. The third kappa shape index (κ3) is 4.48. The Bertz CT molecular complexity index is 1020. The van der Waals surface area contributed by atoms with Gasteiger partial charge in [0, 0.05) is 24.0 Å². The maximum absolute atomic E-state index is 12.6. The van der Waals surface area contributed by atoms with Crippen molar-refractivity contribution in [2.24, 2.45) is 13.0 Å². The summed E-state index contributed by atoms with van der Waals surface area (Å²) in [6.45, 7) is 6.25. The highest BCUT2D eigenvalue weighted by Crippen LogP contribution is 2.20. The Balaban J connectivity index is 1.72. The maximum atomic E-state index is 12.6. The number of aryl methyl sites for hydroxylation is 3. The summed E-state index contributed by atoms with van der Waals surface area (Å²) in [4.78, 5) is 8.85. The highest BCUT2D eigenvalue weighted by atomic mass is 32.2. The standard InChI is InChI=1S/C18H24N4O2S2/c1-12(2)5-6-17-20-15(9-25-17)11-26(23,24)10-14-7-16-13(3)21-22(4)18(16)19-8-14/h7-9,12H,5-6,10-11H2,1-4H3. The Morgan fingerprint density at radius 2 is 2.04 bits per heavy atom. The molecular formula is C18H24N4O2S2. The Morgan fingerprint density at radius 3 is 2.77 bits per heavy atom. The van der Waals surface area contributed by atoms with Gasteiger partial charge in [0.05, 0.1) is 27.9 Å². The van der Waals surface area contributed by atoms with E-state index in [1.807, 2.05) is 25.4 Å². The SMILES string of the molecule is Cc1nn(C)c2ncc(CS(=O)(=O)Cc3csc(CCC(C)C)n3)cc12. The van der Waals surface area contributed by atoms with Gasteiger partial charge in [-0.05, 0) is 37.3 Å². The number of sulfone groups is 1. The van der Waals surface area contributed by atoms with Crippen molar-refractivity contribution in [1.82, 2.24) is 19.7 Å². The van der Waals surface area contributed by atoms with Gasteiger partial charge >= 0.3 is 0 Å². The Kier molecular flexibility index (Phi) is 5.43. The number of thiazole rings is 1. The Hall–Kier alpha value is -1.80. The van der Waals surface area contributed by atoms with E-state index in [4.69, 9.17) is 0 Å². The van der Waals surface area contributed by atoms with E-state index in [2.05, 4.69) is 28.9 Å². The molecular weight excluding hydrogens is 368 g/mol. The van der Waals surface area contributed by atoms with Crippen LogP contribution in [-0.2, 0) is 34.8 Å². The van der Waals surface area contributed by atoms with Crippen LogP contribution in [0.5, 0.6) is 0 Å². The molecule has 0 amide bonds. The van der Waals surface area contributed by atoms with E-state index in [0.29, 0.717) is 17.2 Å². The molecule has 0 aliphatic carbocycles. The van der Waals surface area contributed by atoms with Gasteiger partial charge in [-0.3, -0.25) is 4.68 Å². The topological polar surface area (TPSA) is 77.7 Å². The predicted molar refractivity (Wildman–Crippen MR) is 105 cm³/mol. The van der Waals surface area contributed by atoms with Gasteiger partial charge in [-0.2, -0.15) is 5.10 Å². The van der Waals surface area contributed by atoms with E-state index in [-0.39, 0.29) is 11.5 Å². The molecule has 8 heteroatoms. The average molecular weight is 393 g/mol. The summed E-state index contributed by atoms with van der Waals surface area (Å²) in [5, 5.41) is 8.09. The van der Waals surface area contributed by atoms with Crippen LogP contribution >= 0.6 is 11.3 Å². The van der Waals surface area contributed by atoms with Gasteiger partial charge in [0.15, 0.2) is 15.5 Å². The van der Waals surface area contributed by atoms with Crippen LogP contribution in [-0.4, -0.2) is 28.2 Å². The van der Waals surface area contributed by atoms with Gasteiger partial charge in [-0.25, -0.2) is 18.4 Å². The molecule has 0 aliphatic rings. The molecule has 0 N–H and O–H groups in total. The molecule has 140 valence electrons. The van der Waals surface area contributed by atoms with Crippen LogP contribution in [0.1, 0.15) is 42.2 Å². The highest BCUT2D eigenvalue weighted by Gasteiger charge is 2.17. The van der Waals surface area contributed by atoms with Crippen molar-refractivity contribution in [1.29, 1.82) is 0 Å². The number of rotatable bonds is 7. The average Bonchev–Trinajstić information content (AvgIpc) is 3.09. The summed E-state index contributed by atoms with van der Waals surface area (Å²) in [5.41, 5.74) is 2.94. The fourth-order valence-corrected chi connectivity index (χ4v) is 5.19. The first-order valence-corrected chi connectivity index (χ1v) is 11.4. The third-order valence-corrected chi connectivity index (χ3v) is 6.68. The number of hydrogen-bond acceptors (Lipinski definition) is 6. The predicted octanol–water partition coefficient (Wildman–Crippen LogP) is 3.44. The fourth-order valence-electron chi connectivity index (χ4n) is 2.90. The van der Waals surface area contributed by atoms with Crippen LogP contribution in [0.25, 0.3) is 11.0 Å². The van der Waals surface area contributed by atoms with Crippen molar-refractivity contribution in [2.75, 3.05) is 0 Å². The van der Waals surface area contributed by atoms with Gasteiger partial charge in [-0.15, -0.1) is 11.3 Å². The van der Waals surface area contributed by atoms with Crippen LogP contribution < -0.4 is 0 Å². The smallest absolute Gasteiger partial charge is 0.160 e. The molecule has 0 unspecified atom stereocenters. The largest absolute Gasteiger partial charge is 0.250 e. The minimum Gasteiger partial charge on any atom is -0.250 e. The quantitative estimate of drug-likeness (QED) is 0.615. The highest BCUT2D eigenvalue weighted by molar-refractivity contribution is 7.89. The number of nitrogens with zero attached hydrogens (tertiary/aromatic N) is 4. The summed E-state index contributed by atoms with van der Waals surface area (Å²) in [6.07, 6.45) is 3.59. The van der Waals surface area contributed by atoms with Crippen LogP contribution in [0.15, 0.2) is 17.6 Å². The number of fused-ring (bicyclic) bond motifs is 1. The van der Waals surface area contributed by atoms with Crippen molar-refractivity contribution < 1.29 is 8.42 Å². The molecule has 3 heterocycles. The van der Waals surface area contributed by atoms with Crippen molar-refractivity contribution in [3.8, 4) is 0 Å². The van der Waals surface area contributed by atoms with Crippen LogP contribution in [0, 0.1) is 12.8 Å². The Labute approximate surface area is 158 Å². The van der Waals surface area contributed by atoms with E-state index in [1.54, 1.807) is 22.2 Å². The van der Waals surface area contributed by atoms with Gasteiger partial charge in [0.25, 0.3) is 0 Å². The number of hydrogen-bond donors (Lipinski definition) is 0. The normalized spacial score (nSPS) is 12.3. The first-order chi connectivity index (χ1) is 12.2. The zero-order chi connectivity index (χ0) is 18.9. The van der Waals surface area contributed by atoms with Crippen LogP contribution in [0.3, 0.4) is 0 Å². The van der Waals surface area contributed by atoms with Gasteiger partial charge < -0.3 is 0 Å². The summed E-state index contributed by atoms with van der Waals surface area (Å²) in [6, 6.07) is 1.87. The lowest BCUT2D eigenvalue weighted by atomic mass is 10.1. The van der Waals surface area contributed by atoms with E-state index in [9.17, 15) is 8.42 Å². The number of aromatic nitrogens is 4. The molecule has 3 aromatic heterocycles. The molecule has 3 aromatic rings. The lowest BCUT2D eigenvalue weighted by Crippen LogP contribution is -2.08. The summed E-state index contributed by atoms with van der Waals surface area (Å²) in [7, 11) is -1.47.